The van der Waals surface area contributed by atoms with E-state index in [1.54, 1.807) is 12.1 Å². The van der Waals surface area contributed by atoms with Crippen LogP contribution in [0.2, 0.25) is 0 Å². The van der Waals surface area contributed by atoms with E-state index in [0.717, 1.165) is 19.4 Å². The van der Waals surface area contributed by atoms with Crippen LogP contribution in [0.1, 0.15) is 37.2 Å². The van der Waals surface area contributed by atoms with Crippen molar-refractivity contribution in [3.63, 3.8) is 0 Å². The van der Waals surface area contributed by atoms with Gasteiger partial charge in [-0.25, -0.2) is 0 Å². The lowest BCUT2D eigenvalue weighted by Gasteiger charge is -2.04. The lowest BCUT2D eigenvalue weighted by Crippen LogP contribution is -2.25. The number of anilines is 1. The molecule has 5 nitrogen and oxygen atoms in total. The number of carbonyl (C=O) groups is 1. The Kier molecular flexibility index (Phi) is 5.25. The highest BCUT2D eigenvalue weighted by atomic mass is 16.1. The van der Waals surface area contributed by atoms with Crippen molar-refractivity contribution in [1.82, 2.24) is 15.5 Å². The highest BCUT2D eigenvalue weighted by molar-refractivity contribution is 5.92. The highest BCUT2D eigenvalue weighted by Gasteiger charge is 2.06. The third-order valence-electron chi connectivity index (χ3n) is 1.99. The molecule has 88 valence electrons. The molecule has 1 amide bonds. The Morgan fingerprint density at radius 1 is 1.19 bits per heavy atom. The normalized spacial score (nSPS) is 9.88. The molecule has 2 N–H and O–H groups in total. The number of carbonyl (C=O) groups excluding carboxylic acids is 1. The van der Waals surface area contributed by atoms with Gasteiger partial charge in [0.2, 0.25) is 0 Å². The zero-order chi connectivity index (χ0) is 11.8. The van der Waals surface area contributed by atoms with Gasteiger partial charge in [0.05, 0.1) is 0 Å². The van der Waals surface area contributed by atoms with Crippen LogP contribution in [0.4, 0.5) is 5.82 Å². The molecule has 0 aliphatic carbocycles. The van der Waals surface area contributed by atoms with Gasteiger partial charge < -0.3 is 10.6 Å². The van der Waals surface area contributed by atoms with Crippen LogP contribution in [-0.4, -0.2) is 29.2 Å². The number of nitrogens with zero attached hydrogens (tertiary/aromatic N) is 2. The summed E-state index contributed by atoms with van der Waals surface area (Å²) < 4.78 is 0. The smallest absolute Gasteiger partial charge is 0.271 e. The van der Waals surface area contributed by atoms with Gasteiger partial charge in [0.25, 0.3) is 5.91 Å². The van der Waals surface area contributed by atoms with Gasteiger partial charge in [0.15, 0.2) is 5.69 Å². The molecule has 0 unspecified atom stereocenters. The SMILES string of the molecule is CCCNC(=O)c1ccc(NCCC)nn1. The molecule has 0 spiro atoms. The highest BCUT2D eigenvalue weighted by Crippen LogP contribution is 2.01. The Morgan fingerprint density at radius 2 is 1.94 bits per heavy atom. The number of nitrogens with one attached hydrogen (secondary N) is 2. The molecule has 5 heteroatoms. The molecule has 16 heavy (non-hydrogen) atoms. The summed E-state index contributed by atoms with van der Waals surface area (Å²) in [6.45, 7) is 5.60. The number of rotatable bonds is 6. The molecular formula is C11H18N4O. The Morgan fingerprint density at radius 3 is 2.50 bits per heavy atom. The van der Waals surface area contributed by atoms with Crippen molar-refractivity contribution in [3.8, 4) is 0 Å². The van der Waals surface area contributed by atoms with Crippen LogP contribution in [0.3, 0.4) is 0 Å². The minimum absolute atomic E-state index is 0.170. The van der Waals surface area contributed by atoms with Crippen molar-refractivity contribution in [3.05, 3.63) is 17.8 Å². The first kappa shape index (κ1) is 12.4. The second kappa shape index (κ2) is 6.76. The lowest BCUT2D eigenvalue weighted by atomic mass is 10.3. The predicted octanol–water partition coefficient (Wildman–Crippen LogP) is 1.44. The minimum atomic E-state index is -0.170. The van der Waals surface area contributed by atoms with Crippen LogP contribution >= 0.6 is 0 Å². The van der Waals surface area contributed by atoms with E-state index in [-0.39, 0.29) is 5.91 Å². The van der Waals surface area contributed by atoms with Gasteiger partial charge in [-0.1, -0.05) is 13.8 Å². The van der Waals surface area contributed by atoms with Crippen molar-refractivity contribution in [1.29, 1.82) is 0 Å². The van der Waals surface area contributed by atoms with Gasteiger partial charge in [-0.3, -0.25) is 4.79 Å². The molecule has 0 fully saturated rings. The standard InChI is InChI=1S/C11H18N4O/c1-3-7-12-10-6-5-9(14-15-10)11(16)13-8-4-2/h5-6H,3-4,7-8H2,1-2H3,(H,12,15)(H,13,16). The second-order valence-electron chi connectivity index (χ2n) is 3.49. The van der Waals surface area contributed by atoms with E-state index in [9.17, 15) is 4.79 Å². The molecule has 0 atom stereocenters. The quantitative estimate of drug-likeness (QED) is 0.764. The summed E-state index contributed by atoms with van der Waals surface area (Å²) in [4.78, 5) is 11.5. The monoisotopic (exact) mass is 222 g/mol. The molecule has 0 aliphatic rings. The number of aromatic nitrogens is 2. The minimum Gasteiger partial charge on any atom is -0.369 e. The van der Waals surface area contributed by atoms with E-state index >= 15 is 0 Å². The van der Waals surface area contributed by atoms with Gasteiger partial charge >= 0.3 is 0 Å². The van der Waals surface area contributed by atoms with Crippen molar-refractivity contribution >= 4 is 11.7 Å². The van der Waals surface area contributed by atoms with Crippen molar-refractivity contribution in [2.45, 2.75) is 26.7 Å². The maximum Gasteiger partial charge on any atom is 0.271 e. The summed E-state index contributed by atoms with van der Waals surface area (Å²) in [6, 6.07) is 3.44. The molecule has 1 aromatic rings. The molecule has 1 heterocycles. The van der Waals surface area contributed by atoms with E-state index in [1.807, 2.05) is 6.92 Å². The van der Waals surface area contributed by atoms with Crippen LogP contribution < -0.4 is 10.6 Å². The first-order chi connectivity index (χ1) is 7.77. The van der Waals surface area contributed by atoms with E-state index in [0.29, 0.717) is 18.1 Å². The Balaban J connectivity index is 2.53. The molecule has 1 aromatic heterocycles. The molecule has 0 saturated carbocycles. The zero-order valence-corrected chi connectivity index (χ0v) is 9.79. The fourth-order valence-electron chi connectivity index (χ4n) is 1.13. The fourth-order valence-corrected chi connectivity index (χ4v) is 1.13. The summed E-state index contributed by atoms with van der Waals surface area (Å²) in [6.07, 6.45) is 1.94. The number of hydrogen-bond donors (Lipinski definition) is 2. The average molecular weight is 222 g/mol. The summed E-state index contributed by atoms with van der Waals surface area (Å²) in [5.41, 5.74) is 0.357. The van der Waals surface area contributed by atoms with Gasteiger partial charge in [-0.2, -0.15) is 0 Å². The van der Waals surface area contributed by atoms with E-state index < -0.39 is 0 Å². The molecule has 0 saturated heterocycles. The van der Waals surface area contributed by atoms with Crippen molar-refractivity contribution in [2.24, 2.45) is 0 Å². The molecule has 0 aliphatic heterocycles. The first-order valence-corrected chi connectivity index (χ1v) is 5.63. The average Bonchev–Trinajstić information content (AvgIpc) is 2.34. The zero-order valence-electron chi connectivity index (χ0n) is 9.79. The van der Waals surface area contributed by atoms with E-state index in [2.05, 4.69) is 27.8 Å². The fraction of sp³-hybridized carbons (Fsp3) is 0.545. The van der Waals surface area contributed by atoms with Crippen LogP contribution in [0.15, 0.2) is 12.1 Å². The summed E-state index contributed by atoms with van der Waals surface area (Å²) >= 11 is 0. The Hall–Kier alpha value is -1.65. The van der Waals surface area contributed by atoms with E-state index in [4.69, 9.17) is 0 Å². The Bertz CT molecular complexity index is 323. The lowest BCUT2D eigenvalue weighted by molar-refractivity contribution is 0.0947. The van der Waals surface area contributed by atoms with Gasteiger partial charge in [-0.15, -0.1) is 10.2 Å². The summed E-state index contributed by atoms with van der Waals surface area (Å²) in [5.74, 6) is 0.533. The molecule has 0 bridgehead atoms. The van der Waals surface area contributed by atoms with Gasteiger partial charge in [0.1, 0.15) is 5.82 Å². The third-order valence-corrected chi connectivity index (χ3v) is 1.99. The van der Waals surface area contributed by atoms with Crippen LogP contribution in [0.25, 0.3) is 0 Å². The summed E-state index contributed by atoms with van der Waals surface area (Å²) in [7, 11) is 0. The van der Waals surface area contributed by atoms with Crippen molar-refractivity contribution < 1.29 is 4.79 Å². The molecule has 0 radical (unpaired) electrons. The maximum atomic E-state index is 11.5. The maximum absolute atomic E-state index is 11.5. The van der Waals surface area contributed by atoms with Crippen LogP contribution in [0, 0.1) is 0 Å². The summed E-state index contributed by atoms with van der Waals surface area (Å²) in [5, 5.41) is 13.6. The Labute approximate surface area is 95.7 Å². The predicted molar refractivity (Wildman–Crippen MR) is 63.4 cm³/mol. The van der Waals surface area contributed by atoms with Crippen LogP contribution in [0.5, 0.6) is 0 Å². The largest absolute Gasteiger partial charge is 0.369 e. The van der Waals surface area contributed by atoms with Gasteiger partial charge in [0, 0.05) is 13.1 Å². The number of amides is 1. The van der Waals surface area contributed by atoms with Gasteiger partial charge in [-0.05, 0) is 25.0 Å². The molecule has 0 aromatic carbocycles. The molecular weight excluding hydrogens is 204 g/mol. The van der Waals surface area contributed by atoms with E-state index in [1.165, 1.54) is 0 Å². The van der Waals surface area contributed by atoms with Crippen molar-refractivity contribution in [2.75, 3.05) is 18.4 Å². The molecule has 1 rings (SSSR count). The topological polar surface area (TPSA) is 66.9 Å². The first-order valence-electron chi connectivity index (χ1n) is 5.63. The third kappa shape index (κ3) is 3.84. The van der Waals surface area contributed by atoms with Crippen LogP contribution in [-0.2, 0) is 0 Å². The number of hydrogen-bond acceptors (Lipinski definition) is 4. The second-order valence-corrected chi connectivity index (χ2v) is 3.49.